The van der Waals surface area contributed by atoms with Crippen molar-refractivity contribution < 1.29 is 18.0 Å². The van der Waals surface area contributed by atoms with Crippen LogP contribution in [0.5, 0.6) is 5.75 Å². The molecule has 2 heterocycles. The first-order chi connectivity index (χ1) is 16.2. The van der Waals surface area contributed by atoms with E-state index < -0.39 is 15.1 Å². The molecule has 176 valence electrons. The molecule has 0 aliphatic rings. The summed E-state index contributed by atoms with van der Waals surface area (Å²) in [6.45, 7) is 3.83. The van der Waals surface area contributed by atoms with Crippen LogP contribution in [0.2, 0.25) is 0 Å². The predicted molar refractivity (Wildman–Crippen MR) is 130 cm³/mol. The molecule has 0 fully saturated rings. The minimum Gasteiger partial charge on any atom is -0.508 e. The van der Waals surface area contributed by atoms with Crippen molar-refractivity contribution in [1.82, 2.24) is 20.4 Å². The third-order valence-corrected chi connectivity index (χ3v) is 7.56. The fraction of sp³-hybridized carbons (Fsp3) is 0.208. The van der Waals surface area contributed by atoms with Gasteiger partial charge in [0.25, 0.3) is 0 Å². The lowest BCUT2D eigenvalue weighted by Gasteiger charge is -2.09. The minimum atomic E-state index is -3.37. The van der Waals surface area contributed by atoms with Gasteiger partial charge in [0.2, 0.25) is 0 Å². The standard InChI is InChI=1S/C24H25N5O4S/c1-14(2)34(31,32)18-8-6-15(7-9-18)20-13-27-24(25)23(28-20)22-11-19(29-33-22)16-4-5-17(12-26-3)21(30)10-16/h4-11,13-14,26,30H,12H2,1-3H3,(H2,25,27). The third-order valence-electron chi connectivity index (χ3n) is 5.39. The molecule has 4 N–H and O–H groups in total. The lowest BCUT2D eigenvalue weighted by atomic mass is 10.1. The summed E-state index contributed by atoms with van der Waals surface area (Å²) < 4.78 is 30.2. The number of benzene rings is 2. The van der Waals surface area contributed by atoms with Crippen LogP contribution in [0.3, 0.4) is 0 Å². The summed E-state index contributed by atoms with van der Waals surface area (Å²) in [6, 6.07) is 13.4. The number of sulfone groups is 1. The van der Waals surface area contributed by atoms with Gasteiger partial charge in [-0.25, -0.2) is 18.4 Å². The molecule has 4 aromatic rings. The summed E-state index contributed by atoms with van der Waals surface area (Å²) >= 11 is 0. The van der Waals surface area contributed by atoms with Gasteiger partial charge in [-0.05, 0) is 39.1 Å². The molecular formula is C24H25N5O4S. The molecule has 0 aliphatic carbocycles. The Hall–Kier alpha value is -3.76. The molecule has 0 aliphatic heterocycles. The zero-order valence-corrected chi connectivity index (χ0v) is 19.8. The molecule has 0 saturated heterocycles. The van der Waals surface area contributed by atoms with Crippen LogP contribution in [0.1, 0.15) is 19.4 Å². The van der Waals surface area contributed by atoms with E-state index in [0.717, 1.165) is 5.56 Å². The second kappa shape index (κ2) is 9.24. The van der Waals surface area contributed by atoms with Gasteiger partial charge in [-0.3, -0.25) is 0 Å². The quantitative estimate of drug-likeness (QED) is 0.362. The van der Waals surface area contributed by atoms with Crippen LogP contribution in [0, 0.1) is 0 Å². The number of hydrogen-bond donors (Lipinski definition) is 3. The van der Waals surface area contributed by atoms with Crippen LogP contribution in [0.25, 0.3) is 34.0 Å². The number of aromatic hydroxyl groups is 1. The van der Waals surface area contributed by atoms with E-state index in [-0.39, 0.29) is 16.5 Å². The first-order valence-electron chi connectivity index (χ1n) is 10.6. The van der Waals surface area contributed by atoms with Gasteiger partial charge in [0.1, 0.15) is 11.4 Å². The van der Waals surface area contributed by atoms with E-state index >= 15 is 0 Å². The summed E-state index contributed by atoms with van der Waals surface area (Å²) in [5, 5.41) is 16.8. The third kappa shape index (κ3) is 4.50. The Morgan fingerprint density at radius 1 is 1.06 bits per heavy atom. The van der Waals surface area contributed by atoms with Crippen LogP contribution in [-0.4, -0.2) is 40.9 Å². The van der Waals surface area contributed by atoms with Gasteiger partial charge in [0.15, 0.2) is 27.1 Å². The molecule has 2 aromatic carbocycles. The van der Waals surface area contributed by atoms with Crippen molar-refractivity contribution in [3.63, 3.8) is 0 Å². The normalized spacial score (nSPS) is 11.8. The Bertz CT molecular complexity index is 1430. The van der Waals surface area contributed by atoms with Crippen LogP contribution in [0.15, 0.2) is 64.1 Å². The van der Waals surface area contributed by atoms with Crippen molar-refractivity contribution >= 4 is 15.7 Å². The zero-order valence-electron chi connectivity index (χ0n) is 19.0. The molecule has 0 unspecified atom stereocenters. The van der Waals surface area contributed by atoms with Gasteiger partial charge in [0.05, 0.1) is 22.0 Å². The summed E-state index contributed by atoms with van der Waals surface area (Å²) in [6.07, 6.45) is 1.51. The molecule has 0 spiro atoms. The van der Waals surface area contributed by atoms with Crippen molar-refractivity contribution in [2.24, 2.45) is 0 Å². The smallest absolute Gasteiger partial charge is 0.189 e. The van der Waals surface area contributed by atoms with Crippen LogP contribution in [0.4, 0.5) is 5.82 Å². The number of nitrogens with two attached hydrogens (primary N) is 1. The van der Waals surface area contributed by atoms with Crippen LogP contribution >= 0.6 is 0 Å². The Morgan fingerprint density at radius 2 is 1.76 bits per heavy atom. The number of anilines is 1. The van der Waals surface area contributed by atoms with E-state index in [1.807, 2.05) is 12.1 Å². The number of rotatable bonds is 7. The highest BCUT2D eigenvalue weighted by Gasteiger charge is 2.20. The minimum absolute atomic E-state index is 0.153. The maximum Gasteiger partial charge on any atom is 0.189 e. The summed E-state index contributed by atoms with van der Waals surface area (Å²) in [5.41, 5.74) is 9.51. The van der Waals surface area contributed by atoms with E-state index in [2.05, 4.69) is 20.4 Å². The van der Waals surface area contributed by atoms with Crippen LogP contribution in [-0.2, 0) is 16.4 Å². The molecule has 4 rings (SSSR count). The topological polar surface area (TPSA) is 144 Å². The van der Waals surface area contributed by atoms with Gasteiger partial charge in [-0.15, -0.1) is 0 Å². The molecule has 34 heavy (non-hydrogen) atoms. The Labute approximate surface area is 197 Å². The van der Waals surface area contributed by atoms with E-state index in [9.17, 15) is 13.5 Å². The zero-order chi connectivity index (χ0) is 24.5. The lowest BCUT2D eigenvalue weighted by molar-refractivity contribution is 0.433. The van der Waals surface area contributed by atoms with Crippen molar-refractivity contribution in [2.75, 3.05) is 12.8 Å². The van der Waals surface area contributed by atoms with E-state index in [4.69, 9.17) is 10.3 Å². The second-order valence-corrected chi connectivity index (χ2v) is 10.6. The maximum atomic E-state index is 12.4. The second-order valence-electron chi connectivity index (χ2n) is 8.06. The molecule has 0 amide bonds. The van der Waals surface area contributed by atoms with Crippen molar-refractivity contribution in [2.45, 2.75) is 30.5 Å². The fourth-order valence-corrected chi connectivity index (χ4v) is 4.45. The average Bonchev–Trinajstić information content (AvgIpc) is 3.31. The number of nitrogens with zero attached hydrogens (tertiary/aromatic N) is 3. The predicted octanol–water partition coefficient (Wildman–Crippen LogP) is 3.65. The number of aromatic nitrogens is 3. The fourth-order valence-electron chi connectivity index (χ4n) is 3.39. The van der Waals surface area contributed by atoms with Crippen LogP contribution < -0.4 is 11.1 Å². The van der Waals surface area contributed by atoms with E-state index in [0.29, 0.717) is 40.5 Å². The highest BCUT2D eigenvalue weighted by Crippen LogP contribution is 2.32. The molecule has 2 aromatic heterocycles. The Morgan fingerprint density at radius 3 is 2.41 bits per heavy atom. The number of phenolic OH excluding ortho intramolecular Hbond substituents is 1. The van der Waals surface area contributed by atoms with E-state index in [1.54, 1.807) is 57.3 Å². The SMILES string of the molecule is CNCc1ccc(-c2cc(-c3nc(-c4ccc(S(=O)(=O)C(C)C)cc4)cnc3N)on2)cc1O. The molecular weight excluding hydrogens is 454 g/mol. The Balaban J connectivity index is 1.65. The highest BCUT2D eigenvalue weighted by atomic mass is 32.2. The highest BCUT2D eigenvalue weighted by molar-refractivity contribution is 7.92. The summed E-state index contributed by atoms with van der Waals surface area (Å²) in [7, 11) is -1.56. The average molecular weight is 480 g/mol. The molecule has 0 bridgehead atoms. The summed E-state index contributed by atoms with van der Waals surface area (Å²) in [4.78, 5) is 9.04. The molecule has 10 heteroatoms. The van der Waals surface area contributed by atoms with Gasteiger partial charge in [0, 0.05) is 29.3 Å². The number of hydrogen-bond acceptors (Lipinski definition) is 9. The maximum absolute atomic E-state index is 12.4. The van der Waals surface area contributed by atoms with Gasteiger partial charge in [-0.1, -0.05) is 29.4 Å². The van der Waals surface area contributed by atoms with Crippen molar-refractivity contribution in [1.29, 1.82) is 0 Å². The molecule has 0 radical (unpaired) electrons. The molecule has 0 atom stereocenters. The lowest BCUT2D eigenvalue weighted by Crippen LogP contribution is -2.13. The Kier molecular flexibility index (Phi) is 6.36. The van der Waals surface area contributed by atoms with E-state index in [1.165, 1.54) is 6.20 Å². The number of nitrogen functional groups attached to an aromatic ring is 1. The first-order valence-corrected chi connectivity index (χ1v) is 12.2. The van der Waals surface area contributed by atoms with Crippen molar-refractivity contribution in [3.05, 3.63) is 60.3 Å². The largest absolute Gasteiger partial charge is 0.508 e. The van der Waals surface area contributed by atoms with Gasteiger partial charge >= 0.3 is 0 Å². The monoisotopic (exact) mass is 479 g/mol. The number of phenols is 1. The first kappa shape index (κ1) is 23.4. The van der Waals surface area contributed by atoms with Crippen molar-refractivity contribution in [3.8, 4) is 39.7 Å². The number of nitrogens with one attached hydrogen (secondary N) is 1. The van der Waals surface area contributed by atoms with Gasteiger partial charge < -0.3 is 20.7 Å². The molecule has 0 saturated carbocycles. The van der Waals surface area contributed by atoms with Gasteiger partial charge in [-0.2, -0.15) is 0 Å². The summed E-state index contributed by atoms with van der Waals surface area (Å²) in [5.74, 6) is 0.637. The molecule has 9 nitrogen and oxygen atoms in total.